The normalized spacial score (nSPS) is 27.1. The molecule has 0 fully saturated rings. The number of ether oxygens (including phenoxy) is 1. The third-order valence-electron chi connectivity index (χ3n) is 2.21. The number of carboxylic acid groups (broad SMARTS) is 1. The minimum atomic E-state index is -1.26. The van der Waals surface area contributed by atoms with Crippen LogP contribution in [0, 0.1) is 0 Å². The van der Waals surface area contributed by atoms with Gasteiger partial charge in [0.2, 0.25) is 5.60 Å². The van der Waals surface area contributed by atoms with Gasteiger partial charge in [-0.05, 0) is 26.3 Å². The molecular formula is C10H16O4. The van der Waals surface area contributed by atoms with Crippen molar-refractivity contribution in [2.75, 3.05) is 0 Å². The van der Waals surface area contributed by atoms with Crippen LogP contribution in [-0.4, -0.2) is 27.4 Å². The molecule has 2 N–H and O–H groups in total. The zero-order chi connectivity index (χ0) is 10.8. The van der Waals surface area contributed by atoms with Gasteiger partial charge >= 0.3 is 5.97 Å². The first-order valence-electron chi connectivity index (χ1n) is 4.64. The van der Waals surface area contributed by atoms with Gasteiger partial charge in [0, 0.05) is 12.8 Å². The van der Waals surface area contributed by atoms with Gasteiger partial charge < -0.3 is 14.9 Å². The molecular weight excluding hydrogens is 184 g/mol. The van der Waals surface area contributed by atoms with Crippen LogP contribution >= 0.6 is 0 Å². The fourth-order valence-corrected chi connectivity index (χ4v) is 1.68. The standard InChI is InChI=1S/C10H16O4/c1-9(2,13)7-10(8(11)12)5-3-4-6-14-10/h4,6,13H,3,5,7H2,1-2H3,(H,11,12). The van der Waals surface area contributed by atoms with E-state index in [-0.39, 0.29) is 6.42 Å². The predicted molar refractivity (Wildman–Crippen MR) is 50.7 cm³/mol. The molecule has 0 aliphatic carbocycles. The van der Waals surface area contributed by atoms with E-state index < -0.39 is 17.2 Å². The summed E-state index contributed by atoms with van der Waals surface area (Å²) in [5, 5.41) is 18.7. The summed E-state index contributed by atoms with van der Waals surface area (Å²) in [5.74, 6) is -1.01. The van der Waals surface area contributed by atoms with E-state index in [9.17, 15) is 9.90 Å². The molecule has 0 radical (unpaired) electrons. The van der Waals surface area contributed by atoms with Gasteiger partial charge in [0.15, 0.2) is 0 Å². The highest BCUT2D eigenvalue weighted by Crippen LogP contribution is 2.32. The molecule has 0 amide bonds. The van der Waals surface area contributed by atoms with Crippen molar-refractivity contribution in [2.45, 2.75) is 44.3 Å². The molecule has 0 saturated carbocycles. The van der Waals surface area contributed by atoms with Crippen LogP contribution in [0.15, 0.2) is 12.3 Å². The Morgan fingerprint density at radius 1 is 1.64 bits per heavy atom. The van der Waals surface area contributed by atoms with Gasteiger partial charge in [0.05, 0.1) is 11.9 Å². The van der Waals surface area contributed by atoms with Gasteiger partial charge in [-0.1, -0.05) is 0 Å². The van der Waals surface area contributed by atoms with Crippen LogP contribution in [-0.2, 0) is 9.53 Å². The van der Waals surface area contributed by atoms with Crippen molar-refractivity contribution in [1.82, 2.24) is 0 Å². The van der Waals surface area contributed by atoms with Crippen LogP contribution in [0.4, 0.5) is 0 Å². The van der Waals surface area contributed by atoms with Crippen LogP contribution in [0.3, 0.4) is 0 Å². The van der Waals surface area contributed by atoms with E-state index in [2.05, 4.69) is 0 Å². The van der Waals surface area contributed by atoms with Gasteiger partial charge in [-0.25, -0.2) is 4.79 Å². The maximum absolute atomic E-state index is 11.1. The number of allylic oxidation sites excluding steroid dienone is 1. The molecule has 0 spiro atoms. The largest absolute Gasteiger partial charge is 0.483 e. The molecule has 1 atom stereocenters. The third-order valence-corrected chi connectivity index (χ3v) is 2.21. The molecule has 0 aromatic carbocycles. The van der Waals surface area contributed by atoms with E-state index in [0.29, 0.717) is 12.8 Å². The molecule has 14 heavy (non-hydrogen) atoms. The topological polar surface area (TPSA) is 66.8 Å². The van der Waals surface area contributed by atoms with Crippen molar-refractivity contribution < 1.29 is 19.7 Å². The van der Waals surface area contributed by atoms with Gasteiger partial charge in [0.25, 0.3) is 0 Å². The Balaban J connectivity index is 2.83. The van der Waals surface area contributed by atoms with Crippen molar-refractivity contribution in [2.24, 2.45) is 0 Å². The second-order valence-corrected chi connectivity index (χ2v) is 4.32. The van der Waals surface area contributed by atoms with Crippen molar-refractivity contribution in [3.8, 4) is 0 Å². The second kappa shape index (κ2) is 3.61. The highest BCUT2D eigenvalue weighted by Gasteiger charge is 2.44. The highest BCUT2D eigenvalue weighted by atomic mass is 16.5. The van der Waals surface area contributed by atoms with Crippen LogP contribution in [0.2, 0.25) is 0 Å². The molecule has 1 unspecified atom stereocenters. The summed E-state index contributed by atoms with van der Waals surface area (Å²) in [6.07, 6.45) is 4.36. The zero-order valence-corrected chi connectivity index (χ0v) is 8.49. The zero-order valence-electron chi connectivity index (χ0n) is 8.49. The Morgan fingerprint density at radius 3 is 2.64 bits per heavy atom. The lowest BCUT2D eigenvalue weighted by molar-refractivity contribution is -0.167. The Hall–Kier alpha value is -1.03. The van der Waals surface area contributed by atoms with Crippen molar-refractivity contribution >= 4 is 5.97 Å². The number of carboxylic acids is 1. The average Bonchev–Trinajstić information content (AvgIpc) is 2.02. The number of aliphatic carboxylic acids is 1. The summed E-state index contributed by atoms with van der Waals surface area (Å²) >= 11 is 0. The molecule has 1 aliphatic heterocycles. The number of hydrogen-bond acceptors (Lipinski definition) is 3. The number of carbonyl (C=O) groups is 1. The Labute approximate surface area is 83.2 Å². The number of hydrogen-bond donors (Lipinski definition) is 2. The summed E-state index contributed by atoms with van der Waals surface area (Å²) in [7, 11) is 0. The van der Waals surface area contributed by atoms with E-state index in [0.717, 1.165) is 0 Å². The van der Waals surface area contributed by atoms with E-state index in [1.54, 1.807) is 19.9 Å². The van der Waals surface area contributed by atoms with Gasteiger partial charge in [-0.15, -0.1) is 0 Å². The first-order valence-corrected chi connectivity index (χ1v) is 4.64. The first kappa shape index (κ1) is 11.0. The fraction of sp³-hybridized carbons (Fsp3) is 0.700. The van der Waals surface area contributed by atoms with Crippen LogP contribution in [0.5, 0.6) is 0 Å². The predicted octanol–water partition coefficient (Wildman–Crippen LogP) is 1.29. The lowest BCUT2D eigenvalue weighted by atomic mass is 9.85. The fourth-order valence-electron chi connectivity index (χ4n) is 1.68. The smallest absolute Gasteiger partial charge is 0.348 e. The third kappa shape index (κ3) is 2.48. The minimum Gasteiger partial charge on any atom is -0.483 e. The maximum Gasteiger partial charge on any atom is 0.348 e. The molecule has 1 aliphatic rings. The molecule has 1 heterocycles. The molecule has 0 saturated heterocycles. The van der Waals surface area contributed by atoms with Gasteiger partial charge in [0.1, 0.15) is 0 Å². The summed E-state index contributed by atoms with van der Waals surface area (Å²) in [5.41, 5.74) is -2.30. The Bertz CT molecular complexity index is 251. The SMILES string of the molecule is CC(C)(O)CC1(C(=O)O)CCC=CO1. The van der Waals surface area contributed by atoms with Gasteiger partial charge in [-0.2, -0.15) is 0 Å². The summed E-state index contributed by atoms with van der Waals surface area (Å²) < 4.78 is 5.16. The van der Waals surface area contributed by atoms with Gasteiger partial charge in [-0.3, -0.25) is 0 Å². The van der Waals surface area contributed by atoms with E-state index in [1.165, 1.54) is 6.26 Å². The van der Waals surface area contributed by atoms with E-state index in [1.807, 2.05) is 0 Å². The molecule has 4 heteroatoms. The van der Waals surface area contributed by atoms with Crippen molar-refractivity contribution in [3.05, 3.63) is 12.3 Å². The number of rotatable bonds is 3. The Kier molecular flexibility index (Phi) is 2.85. The maximum atomic E-state index is 11.1. The molecule has 80 valence electrons. The molecule has 1 rings (SSSR count). The number of aliphatic hydroxyl groups is 1. The average molecular weight is 200 g/mol. The quantitative estimate of drug-likeness (QED) is 0.720. The highest BCUT2D eigenvalue weighted by molar-refractivity contribution is 5.78. The van der Waals surface area contributed by atoms with E-state index >= 15 is 0 Å². The summed E-state index contributed by atoms with van der Waals surface area (Å²) in [6, 6.07) is 0. The summed E-state index contributed by atoms with van der Waals surface area (Å²) in [4.78, 5) is 11.1. The second-order valence-electron chi connectivity index (χ2n) is 4.32. The van der Waals surface area contributed by atoms with Crippen LogP contribution in [0.1, 0.15) is 33.1 Å². The first-order chi connectivity index (χ1) is 6.36. The molecule has 0 bridgehead atoms. The molecule has 0 aromatic heterocycles. The summed E-state index contributed by atoms with van der Waals surface area (Å²) in [6.45, 7) is 3.17. The Morgan fingerprint density at radius 2 is 2.29 bits per heavy atom. The monoisotopic (exact) mass is 200 g/mol. The molecule has 4 nitrogen and oxygen atoms in total. The van der Waals surface area contributed by atoms with Crippen LogP contribution in [0.25, 0.3) is 0 Å². The lowest BCUT2D eigenvalue weighted by Gasteiger charge is -2.35. The van der Waals surface area contributed by atoms with E-state index in [4.69, 9.17) is 9.84 Å². The van der Waals surface area contributed by atoms with Crippen molar-refractivity contribution in [3.63, 3.8) is 0 Å². The molecule has 0 aromatic rings. The lowest BCUT2D eigenvalue weighted by Crippen LogP contribution is -2.47. The van der Waals surface area contributed by atoms with Crippen LogP contribution < -0.4 is 0 Å². The van der Waals surface area contributed by atoms with Crippen molar-refractivity contribution in [1.29, 1.82) is 0 Å². The minimum absolute atomic E-state index is 0.0969.